The minimum atomic E-state index is -0.391. The number of benzene rings is 1. The van der Waals surface area contributed by atoms with Crippen LogP contribution in [0.15, 0.2) is 24.3 Å². The van der Waals surface area contributed by atoms with Crippen LogP contribution in [0.2, 0.25) is 0 Å². The number of nitrogens with one attached hydrogen (secondary N) is 2. The Labute approximate surface area is 179 Å². The number of carbonyl (C=O) groups is 2. The SMILES string of the molecule is CCC(C)Oc1ccc(C(=O)NC(=S)Nc2sc3c(c2C(=O)OC)CCC3)cc1. The summed E-state index contributed by atoms with van der Waals surface area (Å²) in [5.41, 5.74) is 2.01. The first-order valence-electron chi connectivity index (χ1n) is 9.54. The predicted molar refractivity (Wildman–Crippen MR) is 118 cm³/mol. The van der Waals surface area contributed by atoms with Gasteiger partial charge in [-0.05, 0) is 74.7 Å². The largest absolute Gasteiger partial charge is 0.491 e. The lowest BCUT2D eigenvalue weighted by Gasteiger charge is -2.13. The highest BCUT2D eigenvalue weighted by atomic mass is 32.1. The zero-order valence-electron chi connectivity index (χ0n) is 16.7. The number of hydrogen-bond donors (Lipinski definition) is 2. The lowest BCUT2D eigenvalue weighted by molar-refractivity contribution is 0.0601. The summed E-state index contributed by atoms with van der Waals surface area (Å²) in [6.07, 6.45) is 3.84. The van der Waals surface area contributed by atoms with Gasteiger partial charge in [-0.25, -0.2) is 4.79 Å². The molecular weight excluding hydrogens is 408 g/mol. The topological polar surface area (TPSA) is 76.7 Å². The summed E-state index contributed by atoms with van der Waals surface area (Å²) in [6.45, 7) is 4.04. The Bertz CT molecular complexity index is 922. The van der Waals surface area contributed by atoms with Gasteiger partial charge in [-0.2, -0.15) is 0 Å². The van der Waals surface area contributed by atoms with E-state index in [1.807, 2.05) is 13.8 Å². The molecule has 2 aromatic rings. The molecule has 1 heterocycles. The molecule has 0 spiro atoms. The number of methoxy groups -OCH3 is 1. The van der Waals surface area contributed by atoms with E-state index in [2.05, 4.69) is 10.6 Å². The molecule has 3 rings (SSSR count). The van der Waals surface area contributed by atoms with Gasteiger partial charge in [0.2, 0.25) is 0 Å². The molecule has 2 N–H and O–H groups in total. The van der Waals surface area contributed by atoms with Crippen molar-refractivity contribution in [3.63, 3.8) is 0 Å². The second-order valence-electron chi connectivity index (χ2n) is 6.82. The van der Waals surface area contributed by atoms with Gasteiger partial charge < -0.3 is 14.8 Å². The molecule has 1 aromatic carbocycles. The fourth-order valence-electron chi connectivity index (χ4n) is 3.12. The summed E-state index contributed by atoms with van der Waals surface area (Å²) in [5.74, 6) is -0.00773. The summed E-state index contributed by atoms with van der Waals surface area (Å²) in [5, 5.41) is 6.41. The van der Waals surface area contributed by atoms with Gasteiger partial charge in [0.15, 0.2) is 5.11 Å². The summed E-state index contributed by atoms with van der Waals surface area (Å²) in [4.78, 5) is 25.9. The van der Waals surface area contributed by atoms with E-state index in [0.717, 1.165) is 31.2 Å². The van der Waals surface area contributed by atoms with Crippen LogP contribution in [0.3, 0.4) is 0 Å². The molecule has 1 unspecified atom stereocenters. The van der Waals surface area contributed by atoms with Gasteiger partial charge in [0.25, 0.3) is 5.91 Å². The number of anilines is 1. The Morgan fingerprint density at radius 3 is 2.62 bits per heavy atom. The van der Waals surface area contributed by atoms with Crippen molar-refractivity contribution in [1.29, 1.82) is 0 Å². The first kappa shape index (κ1) is 21.3. The molecule has 8 heteroatoms. The number of thiophene rings is 1. The van der Waals surface area contributed by atoms with Crippen LogP contribution in [0.25, 0.3) is 0 Å². The van der Waals surface area contributed by atoms with E-state index in [4.69, 9.17) is 21.7 Å². The predicted octanol–water partition coefficient (Wildman–Crippen LogP) is 4.33. The van der Waals surface area contributed by atoms with Crippen LogP contribution in [-0.4, -0.2) is 30.2 Å². The van der Waals surface area contributed by atoms with Gasteiger partial charge in [-0.1, -0.05) is 6.92 Å². The molecule has 0 fully saturated rings. The lowest BCUT2D eigenvalue weighted by Crippen LogP contribution is -2.34. The zero-order valence-corrected chi connectivity index (χ0v) is 18.3. The van der Waals surface area contributed by atoms with E-state index in [-0.39, 0.29) is 17.1 Å². The van der Waals surface area contributed by atoms with Crippen molar-refractivity contribution in [2.24, 2.45) is 0 Å². The molecule has 29 heavy (non-hydrogen) atoms. The Balaban J connectivity index is 1.65. The second-order valence-corrected chi connectivity index (χ2v) is 8.34. The van der Waals surface area contributed by atoms with Crippen LogP contribution < -0.4 is 15.4 Å². The van der Waals surface area contributed by atoms with Crippen molar-refractivity contribution in [2.75, 3.05) is 12.4 Å². The van der Waals surface area contributed by atoms with Crippen LogP contribution in [-0.2, 0) is 17.6 Å². The number of fused-ring (bicyclic) bond motifs is 1. The number of aryl methyl sites for hydroxylation is 1. The third kappa shape index (κ3) is 4.94. The first-order valence-corrected chi connectivity index (χ1v) is 10.8. The number of rotatable bonds is 6. The van der Waals surface area contributed by atoms with Gasteiger partial charge in [0.1, 0.15) is 10.8 Å². The Morgan fingerprint density at radius 1 is 1.24 bits per heavy atom. The number of ether oxygens (including phenoxy) is 2. The minimum Gasteiger partial charge on any atom is -0.491 e. The van der Waals surface area contributed by atoms with Gasteiger partial charge in [0.05, 0.1) is 18.8 Å². The molecule has 1 aliphatic rings. The van der Waals surface area contributed by atoms with Gasteiger partial charge >= 0.3 is 5.97 Å². The number of thiocarbonyl (C=S) groups is 1. The van der Waals surface area contributed by atoms with Crippen LogP contribution in [0.5, 0.6) is 5.75 Å². The number of esters is 1. The monoisotopic (exact) mass is 432 g/mol. The van der Waals surface area contributed by atoms with Crippen molar-refractivity contribution in [3.05, 3.63) is 45.8 Å². The smallest absolute Gasteiger partial charge is 0.341 e. The third-order valence-corrected chi connectivity index (χ3v) is 6.20. The summed E-state index contributed by atoms with van der Waals surface area (Å²) >= 11 is 6.77. The van der Waals surface area contributed by atoms with Crippen molar-refractivity contribution < 1.29 is 19.1 Å². The molecule has 1 atom stereocenters. The number of hydrogen-bond acceptors (Lipinski definition) is 6. The highest BCUT2D eigenvalue weighted by Gasteiger charge is 2.27. The quantitative estimate of drug-likeness (QED) is 0.523. The van der Waals surface area contributed by atoms with Crippen molar-refractivity contribution in [1.82, 2.24) is 5.32 Å². The first-order chi connectivity index (χ1) is 13.9. The molecule has 1 amide bonds. The van der Waals surface area contributed by atoms with Crippen LogP contribution in [0.4, 0.5) is 5.00 Å². The standard InChI is InChI=1S/C21H24N2O4S2/c1-4-12(2)27-14-10-8-13(9-11-14)18(24)22-21(28)23-19-17(20(25)26-3)15-6-5-7-16(15)29-19/h8-12H,4-7H2,1-3H3,(H2,22,23,24,28). The van der Waals surface area contributed by atoms with E-state index < -0.39 is 5.97 Å². The van der Waals surface area contributed by atoms with E-state index in [1.165, 1.54) is 23.3 Å². The van der Waals surface area contributed by atoms with Crippen molar-refractivity contribution in [2.45, 2.75) is 45.6 Å². The maximum Gasteiger partial charge on any atom is 0.341 e. The molecule has 0 saturated carbocycles. The Morgan fingerprint density at radius 2 is 1.97 bits per heavy atom. The number of carbonyl (C=O) groups excluding carboxylic acids is 2. The van der Waals surface area contributed by atoms with Gasteiger partial charge in [-0.15, -0.1) is 11.3 Å². The van der Waals surface area contributed by atoms with E-state index in [1.54, 1.807) is 24.3 Å². The summed E-state index contributed by atoms with van der Waals surface area (Å²) in [7, 11) is 1.36. The van der Waals surface area contributed by atoms with Gasteiger partial charge in [-0.3, -0.25) is 10.1 Å². The molecule has 0 saturated heterocycles. The minimum absolute atomic E-state index is 0.114. The fourth-order valence-corrected chi connectivity index (χ4v) is 4.66. The maximum atomic E-state index is 12.5. The fraction of sp³-hybridized carbons (Fsp3) is 0.381. The molecular formula is C21H24N2O4S2. The third-order valence-electron chi connectivity index (χ3n) is 4.79. The Kier molecular flexibility index (Phi) is 6.87. The average molecular weight is 433 g/mol. The highest BCUT2D eigenvalue weighted by Crippen LogP contribution is 2.39. The normalized spacial score (nSPS) is 13.3. The van der Waals surface area contributed by atoms with E-state index >= 15 is 0 Å². The van der Waals surface area contributed by atoms with Crippen molar-refractivity contribution in [3.8, 4) is 5.75 Å². The van der Waals surface area contributed by atoms with E-state index in [0.29, 0.717) is 21.9 Å². The zero-order chi connectivity index (χ0) is 21.0. The molecule has 154 valence electrons. The maximum absolute atomic E-state index is 12.5. The van der Waals surface area contributed by atoms with E-state index in [9.17, 15) is 9.59 Å². The molecule has 0 radical (unpaired) electrons. The van der Waals surface area contributed by atoms with Crippen LogP contribution in [0, 0.1) is 0 Å². The molecule has 0 aliphatic heterocycles. The van der Waals surface area contributed by atoms with Gasteiger partial charge in [0, 0.05) is 10.4 Å². The molecule has 1 aromatic heterocycles. The van der Waals surface area contributed by atoms with Crippen molar-refractivity contribution >= 4 is 45.5 Å². The summed E-state index contributed by atoms with van der Waals surface area (Å²) < 4.78 is 10.6. The Hall–Kier alpha value is -2.45. The highest BCUT2D eigenvalue weighted by molar-refractivity contribution is 7.80. The number of amides is 1. The van der Waals surface area contributed by atoms with Crippen LogP contribution >= 0.6 is 23.6 Å². The molecule has 6 nitrogen and oxygen atoms in total. The molecule has 0 bridgehead atoms. The lowest BCUT2D eigenvalue weighted by atomic mass is 10.1. The average Bonchev–Trinajstić information content (AvgIpc) is 3.28. The van der Waals surface area contributed by atoms with Crippen LogP contribution in [0.1, 0.15) is 57.8 Å². The summed E-state index contributed by atoms with van der Waals surface area (Å²) in [6, 6.07) is 6.90. The molecule has 1 aliphatic carbocycles. The second kappa shape index (κ2) is 9.37.